The molecule has 0 fully saturated rings. The summed E-state index contributed by atoms with van der Waals surface area (Å²) in [5.74, 6) is -1.43. The summed E-state index contributed by atoms with van der Waals surface area (Å²) in [6.07, 6.45) is -0.999. The number of hydrogen-bond acceptors (Lipinski definition) is 3. The number of halogens is 2. The van der Waals surface area contributed by atoms with E-state index in [1.165, 1.54) is 20.1 Å². The highest BCUT2D eigenvalue weighted by Crippen LogP contribution is 2.38. The van der Waals surface area contributed by atoms with Crippen LogP contribution >= 0.6 is 15.9 Å². The second-order valence-electron chi connectivity index (χ2n) is 2.81. The number of phenolic OH excluding ortho intramolecular Hbond substituents is 1. The zero-order valence-corrected chi connectivity index (χ0v) is 9.30. The molecular weight excluding hydrogens is 255 g/mol. The minimum atomic E-state index is -0.999. The molecule has 0 radical (unpaired) electrons. The van der Waals surface area contributed by atoms with Gasteiger partial charge in [-0.1, -0.05) is 15.9 Å². The maximum Gasteiger partial charge on any atom is 0.194 e. The minimum absolute atomic E-state index is 0.0169. The van der Waals surface area contributed by atoms with Gasteiger partial charge in [0, 0.05) is 10.0 Å². The van der Waals surface area contributed by atoms with Crippen molar-refractivity contribution in [3.8, 4) is 11.5 Å². The average Bonchev–Trinajstić information content (AvgIpc) is 2.10. The Bertz CT molecular complexity index is 352. The van der Waals surface area contributed by atoms with E-state index in [2.05, 4.69) is 15.9 Å². The lowest BCUT2D eigenvalue weighted by molar-refractivity contribution is 0.191. The monoisotopic (exact) mass is 264 g/mol. The van der Waals surface area contributed by atoms with E-state index in [0.717, 1.165) is 0 Å². The largest absolute Gasteiger partial charge is 0.502 e. The van der Waals surface area contributed by atoms with Gasteiger partial charge in [0.25, 0.3) is 0 Å². The van der Waals surface area contributed by atoms with Crippen LogP contribution in [-0.2, 0) is 0 Å². The lowest BCUT2D eigenvalue weighted by atomic mass is 10.1. The second-order valence-corrected chi connectivity index (χ2v) is 3.67. The Hall–Kier alpha value is -0.810. The maximum atomic E-state index is 13.4. The van der Waals surface area contributed by atoms with Crippen LogP contribution in [0.3, 0.4) is 0 Å². The first-order valence-corrected chi connectivity index (χ1v) is 4.71. The van der Waals surface area contributed by atoms with Crippen molar-refractivity contribution >= 4 is 15.9 Å². The van der Waals surface area contributed by atoms with Crippen molar-refractivity contribution in [2.45, 2.75) is 13.0 Å². The molecule has 2 N–H and O–H groups in total. The maximum absolute atomic E-state index is 13.4. The number of aliphatic hydroxyl groups is 1. The Morgan fingerprint density at radius 1 is 1.57 bits per heavy atom. The summed E-state index contributed by atoms with van der Waals surface area (Å²) in [6.45, 7) is 1.41. The van der Waals surface area contributed by atoms with Crippen molar-refractivity contribution in [3.05, 3.63) is 21.9 Å². The van der Waals surface area contributed by atoms with Crippen LogP contribution in [0.1, 0.15) is 18.6 Å². The minimum Gasteiger partial charge on any atom is -0.502 e. The van der Waals surface area contributed by atoms with Crippen molar-refractivity contribution in [1.82, 2.24) is 0 Å². The molecule has 14 heavy (non-hydrogen) atoms. The number of aliphatic hydroxyl groups excluding tert-OH is 1. The molecule has 0 saturated heterocycles. The van der Waals surface area contributed by atoms with Gasteiger partial charge in [-0.2, -0.15) is 0 Å². The summed E-state index contributed by atoms with van der Waals surface area (Å²) in [6, 6.07) is 1.40. The van der Waals surface area contributed by atoms with Crippen molar-refractivity contribution < 1.29 is 19.3 Å². The average molecular weight is 265 g/mol. The van der Waals surface area contributed by atoms with Crippen molar-refractivity contribution in [1.29, 1.82) is 0 Å². The number of rotatable bonds is 2. The van der Waals surface area contributed by atoms with E-state index >= 15 is 0 Å². The molecule has 0 heterocycles. The SMILES string of the molecule is COc1cc(Br)c(C(C)O)c(F)c1O. The number of phenols is 1. The van der Waals surface area contributed by atoms with E-state index < -0.39 is 17.7 Å². The quantitative estimate of drug-likeness (QED) is 0.862. The third kappa shape index (κ3) is 1.83. The zero-order valence-electron chi connectivity index (χ0n) is 7.71. The second kappa shape index (κ2) is 4.14. The molecule has 1 rings (SSSR count). The molecule has 5 heteroatoms. The summed E-state index contributed by atoms with van der Waals surface area (Å²) in [7, 11) is 1.32. The van der Waals surface area contributed by atoms with Crippen LogP contribution < -0.4 is 4.74 Å². The van der Waals surface area contributed by atoms with Gasteiger partial charge in [-0.05, 0) is 13.0 Å². The first kappa shape index (κ1) is 11.3. The van der Waals surface area contributed by atoms with Gasteiger partial charge < -0.3 is 14.9 Å². The molecule has 78 valence electrons. The molecule has 0 saturated carbocycles. The highest BCUT2D eigenvalue weighted by molar-refractivity contribution is 9.10. The third-order valence-electron chi connectivity index (χ3n) is 1.83. The van der Waals surface area contributed by atoms with Gasteiger partial charge in [-0.3, -0.25) is 0 Å². The van der Waals surface area contributed by atoms with E-state index in [4.69, 9.17) is 4.74 Å². The Labute approximate surface area is 89.3 Å². The van der Waals surface area contributed by atoms with Crippen LogP contribution in [0, 0.1) is 5.82 Å². The normalized spacial score (nSPS) is 12.6. The number of aromatic hydroxyl groups is 1. The Morgan fingerprint density at radius 3 is 2.57 bits per heavy atom. The molecule has 1 atom stereocenters. The molecular formula is C9H10BrFO3. The molecule has 0 aromatic heterocycles. The number of hydrogen-bond donors (Lipinski definition) is 2. The van der Waals surface area contributed by atoms with Crippen molar-refractivity contribution in [2.24, 2.45) is 0 Å². The highest BCUT2D eigenvalue weighted by Gasteiger charge is 2.20. The van der Waals surface area contributed by atoms with E-state index in [9.17, 15) is 14.6 Å². The molecule has 3 nitrogen and oxygen atoms in total. The van der Waals surface area contributed by atoms with Crippen LogP contribution in [0.2, 0.25) is 0 Å². The predicted molar refractivity (Wildman–Crippen MR) is 53.0 cm³/mol. The Morgan fingerprint density at radius 2 is 2.14 bits per heavy atom. The summed E-state index contributed by atoms with van der Waals surface area (Å²) in [5.41, 5.74) is 0.0169. The van der Waals surface area contributed by atoms with Crippen LogP contribution in [0.5, 0.6) is 11.5 Å². The van der Waals surface area contributed by atoms with Gasteiger partial charge in [0.1, 0.15) is 0 Å². The van der Waals surface area contributed by atoms with Gasteiger partial charge in [-0.15, -0.1) is 0 Å². The van der Waals surface area contributed by atoms with Crippen LogP contribution in [0.25, 0.3) is 0 Å². The first-order chi connectivity index (χ1) is 6.49. The molecule has 1 aromatic rings. The summed E-state index contributed by atoms with van der Waals surface area (Å²) < 4.78 is 18.5. The van der Waals surface area contributed by atoms with E-state index in [0.29, 0.717) is 4.47 Å². The smallest absolute Gasteiger partial charge is 0.194 e. The summed E-state index contributed by atoms with van der Waals surface area (Å²) >= 11 is 3.08. The predicted octanol–water partition coefficient (Wildman–Crippen LogP) is 2.36. The molecule has 0 aliphatic carbocycles. The van der Waals surface area contributed by atoms with Crippen LogP contribution in [-0.4, -0.2) is 17.3 Å². The molecule has 0 aliphatic rings. The van der Waals surface area contributed by atoms with Crippen molar-refractivity contribution in [2.75, 3.05) is 7.11 Å². The van der Waals surface area contributed by atoms with Crippen molar-refractivity contribution in [3.63, 3.8) is 0 Å². The molecule has 0 aliphatic heterocycles. The van der Waals surface area contributed by atoms with E-state index in [-0.39, 0.29) is 11.3 Å². The molecule has 0 spiro atoms. The fourth-order valence-corrected chi connectivity index (χ4v) is 1.85. The standard InChI is InChI=1S/C9H10BrFO3/c1-4(12)7-5(10)3-6(14-2)9(13)8(7)11/h3-4,12-13H,1-2H3. The molecule has 0 amide bonds. The molecule has 0 bridgehead atoms. The van der Waals surface area contributed by atoms with E-state index in [1.54, 1.807) is 0 Å². The lowest BCUT2D eigenvalue weighted by Crippen LogP contribution is -1.99. The number of benzene rings is 1. The topological polar surface area (TPSA) is 49.7 Å². The van der Waals surface area contributed by atoms with Crippen LogP contribution in [0.4, 0.5) is 4.39 Å². The number of methoxy groups -OCH3 is 1. The molecule has 1 aromatic carbocycles. The fourth-order valence-electron chi connectivity index (χ4n) is 1.14. The fraction of sp³-hybridized carbons (Fsp3) is 0.333. The lowest BCUT2D eigenvalue weighted by Gasteiger charge is -2.12. The summed E-state index contributed by atoms with van der Waals surface area (Å²) in [4.78, 5) is 0. The number of ether oxygens (including phenoxy) is 1. The van der Waals surface area contributed by atoms with Gasteiger partial charge in [0.15, 0.2) is 17.3 Å². The van der Waals surface area contributed by atoms with Crippen LogP contribution in [0.15, 0.2) is 10.5 Å². The highest BCUT2D eigenvalue weighted by atomic mass is 79.9. The van der Waals surface area contributed by atoms with Gasteiger partial charge >= 0.3 is 0 Å². The van der Waals surface area contributed by atoms with E-state index in [1.807, 2.05) is 0 Å². The zero-order chi connectivity index (χ0) is 10.9. The first-order valence-electron chi connectivity index (χ1n) is 3.92. The van der Waals surface area contributed by atoms with Gasteiger partial charge in [0.2, 0.25) is 0 Å². The third-order valence-corrected chi connectivity index (χ3v) is 2.49. The summed E-state index contributed by atoms with van der Waals surface area (Å²) in [5, 5.41) is 18.6. The molecule has 1 unspecified atom stereocenters. The van der Waals surface area contributed by atoms with Gasteiger partial charge in [0.05, 0.1) is 13.2 Å². The van der Waals surface area contributed by atoms with Gasteiger partial charge in [-0.25, -0.2) is 4.39 Å². The Kier molecular flexibility index (Phi) is 3.34. The Balaban J connectivity index is 3.41.